The number of hydrogen-bond acceptors (Lipinski definition) is 10. The third kappa shape index (κ3) is 7.97. The number of hydrogen-bond donors (Lipinski definition) is 4. The number of fused-ring (bicyclic) bond motifs is 10. The fourth-order valence-corrected chi connectivity index (χ4v) is 9.48. The van der Waals surface area contributed by atoms with Gasteiger partial charge in [-0.05, 0) is 35.8 Å². The number of carboxylic acid groups (broad SMARTS) is 2. The number of rotatable bonds is 8. The first-order chi connectivity index (χ1) is 31.3. The van der Waals surface area contributed by atoms with E-state index in [0.717, 1.165) is 35.0 Å². The van der Waals surface area contributed by atoms with Crippen LogP contribution in [0.15, 0.2) is 70.5 Å². The zero-order chi connectivity index (χ0) is 47.0. The van der Waals surface area contributed by atoms with E-state index < -0.39 is 22.8 Å². The Hall–Kier alpha value is -7.24. The minimum absolute atomic E-state index is 0.0241. The van der Waals surface area contributed by atoms with Gasteiger partial charge in [-0.3, -0.25) is 28.5 Å². The van der Waals surface area contributed by atoms with Gasteiger partial charge in [0.05, 0.1) is 60.0 Å². The Kier molecular flexibility index (Phi) is 10.9. The van der Waals surface area contributed by atoms with Crippen LogP contribution in [0, 0.1) is 10.8 Å². The minimum atomic E-state index is -1.23. The van der Waals surface area contributed by atoms with E-state index in [4.69, 9.17) is 19.7 Å². The van der Waals surface area contributed by atoms with Crippen LogP contribution in [0.25, 0.3) is 44.6 Å². The van der Waals surface area contributed by atoms with Crippen molar-refractivity contribution in [1.29, 1.82) is 0 Å². The van der Waals surface area contributed by atoms with Gasteiger partial charge >= 0.3 is 11.9 Å². The number of amides is 2. The van der Waals surface area contributed by atoms with Crippen LogP contribution in [0.1, 0.15) is 100 Å². The number of nitrogens with one attached hydrogen (secondary N) is 2. The van der Waals surface area contributed by atoms with Gasteiger partial charge in [-0.15, -0.1) is 0 Å². The summed E-state index contributed by atoms with van der Waals surface area (Å²) in [5, 5.41) is 36.1. The summed E-state index contributed by atoms with van der Waals surface area (Å²) in [5.41, 5.74) is 2.17. The highest BCUT2D eigenvalue weighted by molar-refractivity contribution is 5.98. The molecular formula is C48H52N8O10. The molecule has 10 rings (SSSR count). The van der Waals surface area contributed by atoms with Gasteiger partial charge in [-0.25, -0.2) is 9.59 Å². The summed E-state index contributed by atoms with van der Waals surface area (Å²) in [6.45, 7) is 14.3. The fraction of sp³-hybridized carbons (Fsp3) is 0.417. The Bertz CT molecular complexity index is 2900. The lowest BCUT2D eigenvalue weighted by atomic mass is 9.85. The molecule has 344 valence electrons. The molecule has 4 atom stereocenters. The summed E-state index contributed by atoms with van der Waals surface area (Å²) >= 11 is 0. The number of aromatic carboxylic acids is 2. The predicted octanol–water partition coefficient (Wildman–Crippen LogP) is 5.64. The number of nitrogens with zero attached hydrogens (tertiary/aromatic N) is 6. The van der Waals surface area contributed by atoms with Crippen LogP contribution < -0.4 is 31.0 Å². The molecule has 8 heterocycles. The molecule has 2 fully saturated rings. The average Bonchev–Trinajstić information content (AvgIpc) is 4.05. The standard InChI is InChI=1S/2C24H26N4O5/c2*1-24(2,3)19-11-28-22(16-9-17(29)15(23(31)32)10-27(16)19)14-5-4-6-18(21(14)26-28)33-12-13-7-8-20(30)25-13/h2*4-6,9-10,13,19H,7-8,11-12H2,1-3H3,(H,25,30)(H,31,32)/t13-,19+;13-,19-/m11/s1. The first kappa shape index (κ1) is 44.0. The van der Waals surface area contributed by atoms with E-state index in [1.807, 2.05) is 54.9 Å². The molecule has 4 aromatic heterocycles. The van der Waals surface area contributed by atoms with Crippen LogP contribution in [0.5, 0.6) is 11.5 Å². The minimum Gasteiger partial charge on any atom is -0.489 e. The molecule has 0 unspecified atom stereocenters. The summed E-state index contributed by atoms with van der Waals surface area (Å²) in [6.07, 6.45) is 5.42. The highest BCUT2D eigenvalue weighted by Crippen LogP contribution is 2.45. The molecule has 4 aliphatic heterocycles. The van der Waals surface area contributed by atoms with Crippen LogP contribution in [0.4, 0.5) is 0 Å². The van der Waals surface area contributed by atoms with Crippen molar-refractivity contribution in [2.24, 2.45) is 10.8 Å². The molecule has 0 bridgehead atoms. The Morgan fingerprint density at radius 1 is 0.652 bits per heavy atom. The van der Waals surface area contributed by atoms with Crippen molar-refractivity contribution in [1.82, 2.24) is 39.3 Å². The zero-order valence-corrected chi connectivity index (χ0v) is 37.6. The number of ether oxygens (including phenoxy) is 2. The molecule has 0 spiro atoms. The molecule has 2 saturated heterocycles. The monoisotopic (exact) mass is 900 g/mol. The molecule has 0 aliphatic carbocycles. The van der Waals surface area contributed by atoms with E-state index in [1.54, 1.807) is 0 Å². The molecule has 4 N–H and O–H groups in total. The van der Waals surface area contributed by atoms with Crippen molar-refractivity contribution in [3.8, 4) is 34.3 Å². The second-order valence-electron chi connectivity index (χ2n) is 19.7. The lowest BCUT2D eigenvalue weighted by Crippen LogP contribution is -2.35. The molecule has 2 aromatic carbocycles. The molecule has 18 heteroatoms. The number of aromatic nitrogens is 6. The molecule has 18 nitrogen and oxygen atoms in total. The Morgan fingerprint density at radius 3 is 1.38 bits per heavy atom. The topological polar surface area (TPSA) is 231 Å². The maximum absolute atomic E-state index is 12.6. The van der Waals surface area contributed by atoms with Gasteiger partial charge in [0.25, 0.3) is 0 Å². The number of benzene rings is 2. The van der Waals surface area contributed by atoms with E-state index in [9.17, 15) is 39.0 Å². The van der Waals surface area contributed by atoms with Crippen molar-refractivity contribution in [2.75, 3.05) is 13.2 Å². The molecule has 4 aliphatic rings. The van der Waals surface area contributed by atoms with Crippen LogP contribution in [-0.2, 0) is 22.7 Å². The summed E-state index contributed by atoms with van der Waals surface area (Å²) in [6, 6.07) is 13.8. The van der Waals surface area contributed by atoms with Crippen LogP contribution >= 0.6 is 0 Å². The third-order valence-electron chi connectivity index (χ3n) is 13.0. The van der Waals surface area contributed by atoms with Crippen molar-refractivity contribution >= 4 is 45.6 Å². The molecular weight excluding hydrogens is 849 g/mol. The van der Waals surface area contributed by atoms with E-state index >= 15 is 0 Å². The van der Waals surface area contributed by atoms with Gasteiger partial charge in [-0.2, -0.15) is 10.2 Å². The average molecular weight is 901 g/mol. The maximum Gasteiger partial charge on any atom is 0.341 e. The lowest BCUT2D eigenvalue weighted by molar-refractivity contribution is -0.120. The SMILES string of the molecule is CC(C)(C)[C@@H]1Cn2nc3c(OC[C@H]4CCC(=O)N4)cccc3c2-c2cc(=O)c(C(=O)O)cn21.CC(C)(C)[C@H]1Cn2nc3c(OC[C@H]4CCC(=O)N4)cccc3c2-c2cc(=O)c(C(=O)O)cn21. The summed E-state index contributed by atoms with van der Waals surface area (Å²) in [5.74, 6) is -1.17. The van der Waals surface area contributed by atoms with Gasteiger partial charge in [0.15, 0.2) is 10.9 Å². The van der Waals surface area contributed by atoms with Gasteiger partial charge in [0.1, 0.15) is 46.9 Å². The molecule has 6 aromatic rings. The van der Waals surface area contributed by atoms with Gasteiger partial charge in [0, 0.05) is 48.1 Å². The Labute approximate surface area is 378 Å². The fourth-order valence-electron chi connectivity index (χ4n) is 9.48. The number of pyridine rings is 2. The zero-order valence-electron chi connectivity index (χ0n) is 37.6. The molecule has 2 amide bonds. The number of carboxylic acids is 2. The largest absolute Gasteiger partial charge is 0.489 e. The van der Waals surface area contributed by atoms with Gasteiger partial charge in [0.2, 0.25) is 11.8 Å². The highest BCUT2D eigenvalue weighted by atomic mass is 16.5. The normalized spacial score (nSPS) is 19.8. The molecule has 0 saturated carbocycles. The molecule has 0 radical (unpaired) electrons. The quantitative estimate of drug-likeness (QED) is 0.145. The first-order valence-corrected chi connectivity index (χ1v) is 22.1. The van der Waals surface area contributed by atoms with Crippen LogP contribution in [0.2, 0.25) is 0 Å². The smallest absolute Gasteiger partial charge is 0.341 e. The first-order valence-electron chi connectivity index (χ1n) is 22.1. The number of carbonyl (C=O) groups excluding carboxylic acids is 2. The summed E-state index contributed by atoms with van der Waals surface area (Å²) < 4.78 is 19.7. The van der Waals surface area contributed by atoms with Crippen molar-refractivity contribution < 1.29 is 38.9 Å². The van der Waals surface area contributed by atoms with Crippen molar-refractivity contribution in [3.05, 3.63) is 92.5 Å². The van der Waals surface area contributed by atoms with E-state index in [0.29, 0.717) is 73.1 Å². The van der Waals surface area contributed by atoms with Crippen LogP contribution in [0.3, 0.4) is 0 Å². The van der Waals surface area contributed by atoms with Crippen LogP contribution in [-0.4, -0.2) is 88.0 Å². The second kappa shape index (κ2) is 16.3. The summed E-state index contributed by atoms with van der Waals surface area (Å²) in [7, 11) is 0. The van der Waals surface area contributed by atoms with E-state index in [2.05, 4.69) is 52.2 Å². The number of carbonyl (C=O) groups is 4. The van der Waals surface area contributed by atoms with Gasteiger partial charge in [-0.1, -0.05) is 65.8 Å². The van der Waals surface area contributed by atoms with Crippen molar-refractivity contribution in [3.63, 3.8) is 0 Å². The maximum atomic E-state index is 12.6. The van der Waals surface area contributed by atoms with Gasteiger partial charge < -0.3 is 39.5 Å². The molecule has 66 heavy (non-hydrogen) atoms. The van der Waals surface area contributed by atoms with E-state index in [-0.39, 0.29) is 57.9 Å². The lowest BCUT2D eigenvalue weighted by Gasteiger charge is -2.38. The van der Waals surface area contributed by atoms with Crippen molar-refractivity contribution in [2.45, 2.75) is 104 Å². The highest BCUT2D eigenvalue weighted by Gasteiger charge is 2.37. The third-order valence-corrected chi connectivity index (χ3v) is 13.0. The van der Waals surface area contributed by atoms with E-state index in [1.165, 1.54) is 24.5 Å². The second-order valence-corrected chi connectivity index (χ2v) is 19.7. The predicted molar refractivity (Wildman–Crippen MR) is 243 cm³/mol. The Balaban J connectivity index is 0.000000166. The Morgan fingerprint density at radius 2 is 1.05 bits per heavy atom. The summed E-state index contributed by atoms with van der Waals surface area (Å²) in [4.78, 5) is 71.5.